The molecule has 2 aromatic carbocycles. The summed E-state index contributed by atoms with van der Waals surface area (Å²) in [6.07, 6.45) is 0.839. The maximum atomic E-state index is 13.4. The number of carbonyl (C=O) groups excluding carboxylic acids is 2. The van der Waals surface area contributed by atoms with Crippen molar-refractivity contribution in [1.29, 1.82) is 0 Å². The normalized spacial score (nSPS) is 10.2. The maximum absolute atomic E-state index is 13.4. The smallest absolute Gasteiger partial charge is 0.243 e. The average molecular weight is 314 g/mol. The highest BCUT2D eigenvalue weighted by molar-refractivity contribution is 5.94. The lowest BCUT2D eigenvalue weighted by Gasteiger charge is -2.08. The van der Waals surface area contributed by atoms with Gasteiger partial charge in [-0.3, -0.25) is 9.59 Å². The molecule has 0 radical (unpaired) electrons. The topological polar surface area (TPSA) is 58.2 Å². The Labute approximate surface area is 134 Å². The Morgan fingerprint density at radius 3 is 2.35 bits per heavy atom. The predicted molar refractivity (Wildman–Crippen MR) is 87.6 cm³/mol. The van der Waals surface area contributed by atoms with Crippen molar-refractivity contribution in [1.82, 2.24) is 5.32 Å². The zero-order chi connectivity index (χ0) is 16.7. The molecule has 0 fully saturated rings. The lowest BCUT2D eigenvalue weighted by molar-refractivity contribution is -0.123. The molecule has 0 aliphatic carbocycles. The van der Waals surface area contributed by atoms with E-state index in [1.54, 1.807) is 18.2 Å². The molecular formula is C18H19FN2O2. The SMILES string of the molecule is CCc1ccc(NC(=O)CNC(=O)Cc2ccccc2F)cc1. The van der Waals surface area contributed by atoms with Crippen molar-refractivity contribution in [3.05, 3.63) is 65.5 Å². The molecule has 120 valence electrons. The van der Waals surface area contributed by atoms with E-state index in [9.17, 15) is 14.0 Å². The monoisotopic (exact) mass is 314 g/mol. The van der Waals surface area contributed by atoms with Gasteiger partial charge in [0.25, 0.3) is 0 Å². The summed E-state index contributed by atoms with van der Waals surface area (Å²) in [6, 6.07) is 13.6. The molecule has 2 N–H and O–H groups in total. The van der Waals surface area contributed by atoms with Gasteiger partial charge in [0, 0.05) is 5.69 Å². The van der Waals surface area contributed by atoms with Crippen LogP contribution in [0, 0.1) is 5.82 Å². The lowest BCUT2D eigenvalue weighted by Crippen LogP contribution is -2.33. The summed E-state index contributed by atoms with van der Waals surface area (Å²) in [4.78, 5) is 23.5. The van der Waals surface area contributed by atoms with Gasteiger partial charge in [-0.25, -0.2) is 4.39 Å². The van der Waals surface area contributed by atoms with Crippen LogP contribution < -0.4 is 10.6 Å². The van der Waals surface area contributed by atoms with Crippen molar-refractivity contribution in [3.63, 3.8) is 0 Å². The number of amides is 2. The minimum absolute atomic E-state index is 0.0921. The molecule has 4 nitrogen and oxygen atoms in total. The fourth-order valence-electron chi connectivity index (χ4n) is 2.09. The molecule has 0 aromatic heterocycles. The average Bonchev–Trinajstić information content (AvgIpc) is 2.56. The molecule has 23 heavy (non-hydrogen) atoms. The van der Waals surface area contributed by atoms with Gasteiger partial charge in [0.15, 0.2) is 0 Å². The first kappa shape index (κ1) is 16.7. The van der Waals surface area contributed by atoms with Crippen molar-refractivity contribution in [2.24, 2.45) is 0 Å². The summed E-state index contributed by atoms with van der Waals surface area (Å²) >= 11 is 0. The Morgan fingerprint density at radius 1 is 1.00 bits per heavy atom. The molecule has 5 heteroatoms. The Balaban J connectivity index is 1.79. The summed E-state index contributed by atoms with van der Waals surface area (Å²) in [5, 5.41) is 5.18. The Kier molecular flexibility index (Phi) is 5.86. The van der Waals surface area contributed by atoms with E-state index in [4.69, 9.17) is 0 Å². The summed E-state index contributed by atoms with van der Waals surface area (Å²) < 4.78 is 13.4. The maximum Gasteiger partial charge on any atom is 0.243 e. The second kappa shape index (κ2) is 8.08. The van der Waals surface area contributed by atoms with Crippen LogP contribution in [0.2, 0.25) is 0 Å². The fourth-order valence-corrected chi connectivity index (χ4v) is 2.09. The zero-order valence-electron chi connectivity index (χ0n) is 12.9. The highest BCUT2D eigenvalue weighted by Gasteiger charge is 2.09. The first-order valence-corrected chi connectivity index (χ1v) is 7.47. The standard InChI is InChI=1S/C18H19FN2O2/c1-2-13-7-9-15(10-8-13)21-18(23)12-20-17(22)11-14-5-3-4-6-16(14)19/h3-10H,2,11-12H2,1H3,(H,20,22)(H,21,23). The van der Waals surface area contributed by atoms with Gasteiger partial charge in [0.05, 0.1) is 13.0 Å². The number of benzene rings is 2. The predicted octanol–water partition coefficient (Wildman–Crippen LogP) is 2.69. The highest BCUT2D eigenvalue weighted by atomic mass is 19.1. The third-order valence-corrected chi connectivity index (χ3v) is 3.40. The molecule has 0 bridgehead atoms. The van der Waals surface area contributed by atoms with Crippen LogP contribution in [0.1, 0.15) is 18.1 Å². The van der Waals surface area contributed by atoms with E-state index in [1.165, 1.54) is 11.6 Å². The van der Waals surface area contributed by atoms with Crippen molar-refractivity contribution < 1.29 is 14.0 Å². The molecule has 2 amide bonds. The minimum atomic E-state index is -0.428. The van der Waals surface area contributed by atoms with E-state index >= 15 is 0 Å². The van der Waals surface area contributed by atoms with Crippen LogP contribution >= 0.6 is 0 Å². The van der Waals surface area contributed by atoms with Crippen molar-refractivity contribution in [2.75, 3.05) is 11.9 Å². The van der Waals surface area contributed by atoms with Crippen LogP contribution in [0.15, 0.2) is 48.5 Å². The second-order valence-electron chi connectivity index (χ2n) is 5.14. The third kappa shape index (κ3) is 5.21. The van der Waals surface area contributed by atoms with E-state index in [-0.39, 0.29) is 18.9 Å². The van der Waals surface area contributed by atoms with Gasteiger partial charge in [0.1, 0.15) is 5.82 Å². The number of nitrogens with one attached hydrogen (secondary N) is 2. The number of rotatable bonds is 6. The lowest BCUT2D eigenvalue weighted by atomic mass is 10.1. The van der Waals surface area contributed by atoms with Gasteiger partial charge in [-0.1, -0.05) is 37.3 Å². The van der Waals surface area contributed by atoms with E-state index in [1.807, 2.05) is 24.3 Å². The molecule has 2 rings (SSSR count). The molecule has 0 saturated carbocycles. The Hall–Kier alpha value is -2.69. The summed E-state index contributed by atoms with van der Waals surface area (Å²) in [5.74, 6) is -1.15. The number of hydrogen-bond donors (Lipinski definition) is 2. The highest BCUT2D eigenvalue weighted by Crippen LogP contribution is 2.10. The number of halogens is 1. The van der Waals surface area contributed by atoms with Crippen LogP contribution in [0.3, 0.4) is 0 Å². The Morgan fingerprint density at radius 2 is 1.70 bits per heavy atom. The molecule has 0 saturated heterocycles. The minimum Gasteiger partial charge on any atom is -0.347 e. The van der Waals surface area contributed by atoms with Gasteiger partial charge < -0.3 is 10.6 Å². The van der Waals surface area contributed by atoms with E-state index < -0.39 is 11.7 Å². The molecule has 2 aromatic rings. The largest absolute Gasteiger partial charge is 0.347 e. The number of carbonyl (C=O) groups is 2. The van der Waals surface area contributed by atoms with E-state index in [0.717, 1.165) is 6.42 Å². The third-order valence-electron chi connectivity index (χ3n) is 3.40. The summed E-state index contributed by atoms with van der Waals surface area (Å²) in [7, 11) is 0. The van der Waals surface area contributed by atoms with Gasteiger partial charge in [-0.2, -0.15) is 0 Å². The fraction of sp³-hybridized carbons (Fsp3) is 0.222. The van der Waals surface area contributed by atoms with Crippen LogP contribution in [0.5, 0.6) is 0 Å². The van der Waals surface area contributed by atoms with Crippen LogP contribution in [-0.2, 0) is 22.4 Å². The molecular weight excluding hydrogens is 295 g/mol. The number of aryl methyl sites for hydroxylation is 1. The van der Waals surface area contributed by atoms with Crippen molar-refractivity contribution in [2.45, 2.75) is 19.8 Å². The van der Waals surface area contributed by atoms with Crippen LogP contribution in [0.25, 0.3) is 0 Å². The second-order valence-corrected chi connectivity index (χ2v) is 5.14. The first-order chi connectivity index (χ1) is 11.1. The molecule has 0 heterocycles. The van der Waals surface area contributed by atoms with Crippen LogP contribution in [0.4, 0.5) is 10.1 Å². The molecule has 0 spiro atoms. The van der Waals surface area contributed by atoms with Gasteiger partial charge >= 0.3 is 0 Å². The zero-order valence-corrected chi connectivity index (χ0v) is 12.9. The summed E-state index contributed by atoms with van der Waals surface area (Å²) in [6.45, 7) is 1.90. The van der Waals surface area contributed by atoms with Crippen molar-refractivity contribution in [3.8, 4) is 0 Å². The number of anilines is 1. The summed E-state index contributed by atoms with van der Waals surface area (Å²) in [5.41, 5.74) is 2.16. The van der Waals surface area contributed by atoms with Crippen LogP contribution in [-0.4, -0.2) is 18.4 Å². The molecule has 0 unspecified atom stereocenters. The van der Waals surface area contributed by atoms with Crippen molar-refractivity contribution >= 4 is 17.5 Å². The quantitative estimate of drug-likeness (QED) is 0.861. The Bertz CT molecular complexity index is 684. The molecule has 0 atom stereocenters. The first-order valence-electron chi connectivity index (χ1n) is 7.47. The molecule has 0 aliphatic heterocycles. The van der Waals surface area contributed by atoms with Gasteiger partial charge in [-0.15, -0.1) is 0 Å². The van der Waals surface area contributed by atoms with Gasteiger partial charge in [0.2, 0.25) is 11.8 Å². The van der Waals surface area contributed by atoms with E-state index in [0.29, 0.717) is 11.3 Å². The number of hydrogen-bond acceptors (Lipinski definition) is 2. The molecule has 0 aliphatic rings. The van der Waals surface area contributed by atoms with Gasteiger partial charge in [-0.05, 0) is 35.7 Å². The van der Waals surface area contributed by atoms with E-state index in [2.05, 4.69) is 17.6 Å².